The summed E-state index contributed by atoms with van der Waals surface area (Å²) in [5, 5.41) is 12.2. The highest BCUT2D eigenvalue weighted by Crippen LogP contribution is 2.27. The molecule has 0 heterocycles. The molecule has 1 atom stereocenters. The van der Waals surface area contributed by atoms with Crippen LogP contribution in [0.15, 0.2) is 16.6 Å². The zero-order valence-electron chi connectivity index (χ0n) is 7.61. The van der Waals surface area contributed by atoms with Gasteiger partial charge in [-0.25, -0.2) is 4.39 Å². The number of halogens is 4. The third-order valence-corrected chi connectivity index (χ3v) is 4.58. The SMILES string of the molecule is OC(CCl)CNc1cc(F)cc(Br)c1I. The van der Waals surface area contributed by atoms with Crippen molar-refractivity contribution in [1.29, 1.82) is 0 Å². The molecule has 0 aromatic heterocycles. The summed E-state index contributed by atoms with van der Waals surface area (Å²) in [4.78, 5) is 0. The van der Waals surface area contributed by atoms with Gasteiger partial charge in [-0.05, 0) is 50.7 Å². The quantitative estimate of drug-likeness (QED) is 0.456. The van der Waals surface area contributed by atoms with Gasteiger partial charge in [0.15, 0.2) is 0 Å². The predicted octanol–water partition coefficient (Wildman–Crippen LogP) is 3.20. The molecular weight excluding hydrogens is 399 g/mol. The lowest BCUT2D eigenvalue weighted by Gasteiger charge is -2.12. The van der Waals surface area contributed by atoms with E-state index >= 15 is 0 Å². The molecule has 1 unspecified atom stereocenters. The van der Waals surface area contributed by atoms with Crippen LogP contribution < -0.4 is 5.32 Å². The number of anilines is 1. The Bertz CT molecular complexity index is 353. The van der Waals surface area contributed by atoms with Crippen molar-refractivity contribution in [3.8, 4) is 0 Å². The van der Waals surface area contributed by atoms with Crippen LogP contribution in [0.25, 0.3) is 0 Å². The van der Waals surface area contributed by atoms with Crippen LogP contribution >= 0.6 is 50.1 Å². The summed E-state index contributed by atoms with van der Waals surface area (Å²) in [6.07, 6.45) is -0.635. The first-order chi connectivity index (χ1) is 7.04. The lowest BCUT2D eigenvalue weighted by atomic mass is 10.3. The molecule has 0 radical (unpaired) electrons. The van der Waals surface area contributed by atoms with Crippen LogP contribution in [-0.2, 0) is 0 Å². The first-order valence-electron chi connectivity index (χ1n) is 4.17. The van der Waals surface area contributed by atoms with Crippen molar-refractivity contribution >= 4 is 55.8 Å². The Balaban J connectivity index is 2.76. The summed E-state index contributed by atoms with van der Waals surface area (Å²) in [6, 6.07) is 2.78. The number of hydrogen-bond acceptors (Lipinski definition) is 2. The molecule has 0 spiro atoms. The number of benzene rings is 1. The van der Waals surface area contributed by atoms with Gasteiger partial charge in [-0.3, -0.25) is 0 Å². The number of nitrogens with one attached hydrogen (secondary N) is 1. The highest BCUT2D eigenvalue weighted by molar-refractivity contribution is 14.1. The van der Waals surface area contributed by atoms with Crippen LogP contribution in [-0.4, -0.2) is 23.6 Å². The van der Waals surface area contributed by atoms with E-state index in [-0.39, 0.29) is 11.7 Å². The van der Waals surface area contributed by atoms with Gasteiger partial charge in [0, 0.05) is 11.0 Å². The molecule has 0 saturated heterocycles. The second kappa shape index (κ2) is 6.22. The van der Waals surface area contributed by atoms with Gasteiger partial charge in [0.05, 0.1) is 21.2 Å². The largest absolute Gasteiger partial charge is 0.390 e. The van der Waals surface area contributed by atoms with E-state index in [1.165, 1.54) is 12.1 Å². The molecule has 84 valence electrons. The smallest absolute Gasteiger partial charge is 0.126 e. The summed E-state index contributed by atoms with van der Waals surface area (Å²) in [5.41, 5.74) is 0.645. The molecule has 15 heavy (non-hydrogen) atoms. The zero-order valence-corrected chi connectivity index (χ0v) is 12.1. The van der Waals surface area contributed by atoms with Gasteiger partial charge in [-0.2, -0.15) is 0 Å². The third kappa shape index (κ3) is 4.05. The first-order valence-corrected chi connectivity index (χ1v) is 6.57. The van der Waals surface area contributed by atoms with E-state index in [4.69, 9.17) is 11.6 Å². The monoisotopic (exact) mass is 407 g/mol. The van der Waals surface area contributed by atoms with Gasteiger partial charge in [-0.15, -0.1) is 11.6 Å². The van der Waals surface area contributed by atoms with Gasteiger partial charge >= 0.3 is 0 Å². The standard InChI is InChI=1S/C9H9BrClFINO/c10-7-1-5(12)2-8(9(7)13)14-4-6(15)3-11/h1-2,6,14-15H,3-4H2. The fourth-order valence-electron chi connectivity index (χ4n) is 0.967. The Morgan fingerprint density at radius 3 is 2.87 bits per heavy atom. The van der Waals surface area contributed by atoms with E-state index in [1.54, 1.807) is 0 Å². The van der Waals surface area contributed by atoms with E-state index < -0.39 is 6.10 Å². The maximum atomic E-state index is 13.1. The molecule has 0 aliphatic rings. The normalized spacial score (nSPS) is 12.6. The molecule has 0 amide bonds. The average molecular weight is 408 g/mol. The van der Waals surface area contributed by atoms with Crippen LogP contribution in [0.3, 0.4) is 0 Å². The van der Waals surface area contributed by atoms with Gasteiger partial charge in [0.2, 0.25) is 0 Å². The lowest BCUT2D eigenvalue weighted by molar-refractivity contribution is 0.211. The number of rotatable bonds is 4. The number of aliphatic hydroxyl groups is 1. The highest BCUT2D eigenvalue weighted by Gasteiger charge is 2.08. The van der Waals surface area contributed by atoms with Gasteiger partial charge in [0.1, 0.15) is 5.82 Å². The van der Waals surface area contributed by atoms with Crippen molar-refractivity contribution in [1.82, 2.24) is 0 Å². The van der Waals surface area contributed by atoms with Crippen LogP contribution in [0, 0.1) is 9.39 Å². The Kier molecular flexibility index (Phi) is 5.59. The molecule has 2 N–H and O–H groups in total. The molecule has 0 fully saturated rings. The van der Waals surface area contributed by atoms with Crippen molar-refractivity contribution in [3.63, 3.8) is 0 Å². The molecule has 0 bridgehead atoms. The zero-order chi connectivity index (χ0) is 11.4. The minimum Gasteiger partial charge on any atom is -0.390 e. The fraction of sp³-hybridized carbons (Fsp3) is 0.333. The lowest BCUT2D eigenvalue weighted by Crippen LogP contribution is -2.21. The molecule has 1 rings (SSSR count). The van der Waals surface area contributed by atoms with Crippen molar-refractivity contribution < 1.29 is 9.50 Å². The van der Waals surface area contributed by atoms with Crippen LogP contribution in [0.2, 0.25) is 0 Å². The first kappa shape index (κ1) is 13.5. The molecule has 6 heteroatoms. The Labute approximate surface area is 114 Å². The number of aliphatic hydroxyl groups excluding tert-OH is 1. The third-order valence-electron chi connectivity index (χ3n) is 1.70. The highest BCUT2D eigenvalue weighted by atomic mass is 127. The second-order valence-corrected chi connectivity index (χ2v) is 5.18. The van der Waals surface area contributed by atoms with Crippen molar-refractivity contribution in [2.24, 2.45) is 0 Å². The Morgan fingerprint density at radius 2 is 2.27 bits per heavy atom. The molecule has 0 aliphatic carbocycles. The predicted molar refractivity (Wildman–Crippen MR) is 72.0 cm³/mol. The minimum absolute atomic E-state index is 0.153. The summed E-state index contributed by atoms with van der Waals surface area (Å²) < 4.78 is 14.6. The van der Waals surface area contributed by atoms with Crippen molar-refractivity contribution in [2.45, 2.75) is 6.10 Å². The fourth-order valence-corrected chi connectivity index (χ4v) is 2.01. The molecule has 2 nitrogen and oxygen atoms in total. The minimum atomic E-state index is -0.635. The van der Waals surface area contributed by atoms with Crippen molar-refractivity contribution in [2.75, 3.05) is 17.7 Å². The van der Waals surface area contributed by atoms with Crippen LogP contribution in [0.1, 0.15) is 0 Å². The second-order valence-electron chi connectivity index (χ2n) is 2.94. The molecule has 0 saturated carbocycles. The van der Waals surface area contributed by atoms with Gasteiger partial charge < -0.3 is 10.4 Å². The molecule has 0 aliphatic heterocycles. The van der Waals surface area contributed by atoms with E-state index in [0.29, 0.717) is 16.7 Å². The van der Waals surface area contributed by atoms with Gasteiger partial charge in [-0.1, -0.05) is 0 Å². The maximum absolute atomic E-state index is 13.1. The van der Waals surface area contributed by atoms with Crippen LogP contribution in [0.5, 0.6) is 0 Å². The molecule has 1 aromatic rings. The van der Waals surface area contributed by atoms with Crippen molar-refractivity contribution in [3.05, 3.63) is 26.0 Å². The summed E-state index contributed by atoms with van der Waals surface area (Å²) in [7, 11) is 0. The van der Waals surface area contributed by atoms with E-state index in [2.05, 4.69) is 43.8 Å². The Morgan fingerprint density at radius 1 is 1.60 bits per heavy atom. The van der Waals surface area contributed by atoms with E-state index in [0.717, 1.165) is 3.57 Å². The van der Waals surface area contributed by atoms with Gasteiger partial charge in [0.25, 0.3) is 0 Å². The average Bonchev–Trinajstić information content (AvgIpc) is 2.20. The summed E-state index contributed by atoms with van der Waals surface area (Å²) in [5.74, 6) is -0.176. The summed E-state index contributed by atoms with van der Waals surface area (Å²) >= 11 is 10.8. The maximum Gasteiger partial charge on any atom is 0.126 e. The van der Waals surface area contributed by atoms with E-state index in [9.17, 15) is 9.50 Å². The van der Waals surface area contributed by atoms with E-state index in [1.807, 2.05) is 0 Å². The number of alkyl halides is 1. The Hall–Kier alpha value is 0.410. The molecule has 1 aromatic carbocycles. The summed E-state index contributed by atoms with van der Waals surface area (Å²) in [6.45, 7) is 0.301. The molecular formula is C9H9BrClFINO. The topological polar surface area (TPSA) is 32.3 Å². The van der Waals surface area contributed by atoms with Crippen LogP contribution in [0.4, 0.5) is 10.1 Å². The number of hydrogen-bond donors (Lipinski definition) is 2.